The number of rotatable bonds is 3. The average molecular weight is 224 g/mol. The van der Waals surface area contributed by atoms with E-state index in [0.29, 0.717) is 11.5 Å². The average Bonchev–Trinajstić information content (AvgIpc) is 2.16. The minimum Gasteiger partial charge on any atom is -0.297 e. The molecule has 1 saturated heterocycles. The summed E-state index contributed by atoms with van der Waals surface area (Å²) in [5.41, 5.74) is 0.333. The lowest BCUT2D eigenvalue weighted by atomic mass is 10.0. The Hall–Kier alpha value is -0.340. The van der Waals surface area contributed by atoms with Crippen LogP contribution < -0.4 is 0 Å². The quantitative estimate of drug-likeness (QED) is 0.680. The summed E-state index contributed by atoms with van der Waals surface area (Å²) in [6, 6.07) is 0. The molecule has 1 heterocycles. The van der Waals surface area contributed by atoms with E-state index < -0.39 is 0 Å². The molecule has 0 atom stereocenters. The van der Waals surface area contributed by atoms with Crippen molar-refractivity contribution < 1.29 is 0 Å². The minimum absolute atomic E-state index is 0.333. The summed E-state index contributed by atoms with van der Waals surface area (Å²) in [5.74, 6) is 0.677. The molecule has 0 bridgehead atoms. The summed E-state index contributed by atoms with van der Waals surface area (Å²) in [6.07, 6.45) is 4.62. The second-order valence-electron chi connectivity index (χ2n) is 6.13. The molecule has 16 heavy (non-hydrogen) atoms. The largest absolute Gasteiger partial charge is 0.297 e. The highest BCUT2D eigenvalue weighted by atomic mass is 15.3. The van der Waals surface area contributed by atoms with Gasteiger partial charge in [0.15, 0.2) is 0 Å². The number of nitrogens with zero attached hydrogens (tertiary/aromatic N) is 2. The molecule has 94 valence electrons. The van der Waals surface area contributed by atoms with Crippen molar-refractivity contribution in [3.63, 3.8) is 0 Å². The van der Waals surface area contributed by atoms with Crippen LogP contribution in [0.15, 0.2) is 12.2 Å². The van der Waals surface area contributed by atoms with Gasteiger partial charge in [-0.15, -0.1) is 0 Å². The van der Waals surface area contributed by atoms with Gasteiger partial charge in [0, 0.05) is 38.3 Å². The smallest absolute Gasteiger partial charge is 0.0164 e. The predicted octanol–water partition coefficient (Wildman–Crippen LogP) is 2.61. The lowest BCUT2D eigenvalue weighted by Gasteiger charge is -2.42. The SMILES string of the molecule is CC(C)/C=C/CN1CCN(C(C)(C)C)CC1. The first kappa shape index (κ1) is 13.7. The van der Waals surface area contributed by atoms with E-state index in [9.17, 15) is 0 Å². The van der Waals surface area contributed by atoms with E-state index in [1.807, 2.05) is 0 Å². The summed E-state index contributed by atoms with van der Waals surface area (Å²) in [5, 5.41) is 0. The van der Waals surface area contributed by atoms with E-state index >= 15 is 0 Å². The second kappa shape index (κ2) is 5.83. The summed E-state index contributed by atoms with van der Waals surface area (Å²) in [6.45, 7) is 17.3. The van der Waals surface area contributed by atoms with Gasteiger partial charge in [-0.3, -0.25) is 9.80 Å². The molecule has 1 aliphatic rings. The van der Waals surface area contributed by atoms with Gasteiger partial charge in [-0.2, -0.15) is 0 Å². The topological polar surface area (TPSA) is 6.48 Å². The molecule has 0 aromatic heterocycles. The molecule has 1 fully saturated rings. The number of hydrogen-bond acceptors (Lipinski definition) is 2. The monoisotopic (exact) mass is 224 g/mol. The minimum atomic E-state index is 0.333. The number of allylic oxidation sites excluding steroid dienone is 1. The third-order valence-electron chi connectivity index (χ3n) is 3.21. The van der Waals surface area contributed by atoms with Crippen LogP contribution in [-0.2, 0) is 0 Å². The normalized spacial score (nSPS) is 21.1. The van der Waals surface area contributed by atoms with E-state index in [2.05, 4.69) is 56.6 Å². The Morgan fingerprint density at radius 2 is 1.62 bits per heavy atom. The molecular weight excluding hydrogens is 196 g/mol. The Bertz CT molecular complexity index is 217. The Balaban J connectivity index is 2.27. The molecule has 0 radical (unpaired) electrons. The van der Waals surface area contributed by atoms with Crippen LogP contribution in [0.4, 0.5) is 0 Å². The Morgan fingerprint density at radius 3 is 2.06 bits per heavy atom. The molecule has 0 aromatic carbocycles. The Kier molecular flexibility index (Phi) is 5.00. The third kappa shape index (κ3) is 4.67. The first-order chi connectivity index (χ1) is 7.39. The zero-order chi connectivity index (χ0) is 12.2. The van der Waals surface area contributed by atoms with Gasteiger partial charge in [0.05, 0.1) is 0 Å². The lowest BCUT2D eigenvalue weighted by molar-refractivity contribution is 0.0674. The summed E-state index contributed by atoms with van der Waals surface area (Å²) < 4.78 is 0. The van der Waals surface area contributed by atoms with E-state index in [1.54, 1.807) is 0 Å². The van der Waals surface area contributed by atoms with Crippen molar-refractivity contribution in [2.45, 2.75) is 40.2 Å². The standard InChI is InChI=1S/C14H28N2/c1-13(2)7-6-8-15-9-11-16(12-10-15)14(3,4)5/h6-7,13H,8-12H2,1-5H3/b7-6+. The van der Waals surface area contributed by atoms with Gasteiger partial charge < -0.3 is 0 Å². The maximum atomic E-state index is 2.58. The predicted molar refractivity (Wildman–Crippen MR) is 71.7 cm³/mol. The van der Waals surface area contributed by atoms with Gasteiger partial charge >= 0.3 is 0 Å². The lowest BCUT2D eigenvalue weighted by Crippen LogP contribution is -2.53. The van der Waals surface area contributed by atoms with Crippen LogP contribution in [0.25, 0.3) is 0 Å². The fourth-order valence-electron chi connectivity index (χ4n) is 2.08. The molecule has 0 saturated carbocycles. The van der Waals surface area contributed by atoms with E-state index in [1.165, 1.54) is 26.2 Å². The van der Waals surface area contributed by atoms with Crippen LogP contribution in [-0.4, -0.2) is 48.1 Å². The van der Waals surface area contributed by atoms with Gasteiger partial charge in [0.2, 0.25) is 0 Å². The van der Waals surface area contributed by atoms with Gasteiger partial charge in [0.25, 0.3) is 0 Å². The summed E-state index contributed by atoms with van der Waals surface area (Å²) in [4.78, 5) is 5.12. The van der Waals surface area contributed by atoms with Crippen molar-refractivity contribution in [1.29, 1.82) is 0 Å². The van der Waals surface area contributed by atoms with Crippen molar-refractivity contribution in [2.75, 3.05) is 32.7 Å². The molecule has 0 amide bonds. The third-order valence-corrected chi connectivity index (χ3v) is 3.21. The van der Waals surface area contributed by atoms with E-state index in [0.717, 1.165) is 6.54 Å². The first-order valence-corrected chi connectivity index (χ1v) is 6.53. The summed E-state index contributed by atoms with van der Waals surface area (Å²) in [7, 11) is 0. The highest BCUT2D eigenvalue weighted by Gasteiger charge is 2.24. The molecular formula is C14H28N2. The van der Waals surface area contributed by atoms with Crippen LogP contribution in [0.1, 0.15) is 34.6 Å². The van der Waals surface area contributed by atoms with Gasteiger partial charge in [-0.25, -0.2) is 0 Å². The highest BCUT2D eigenvalue weighted by Crippen LogP contribution is 2.15. The molecule has 0 aliphatic carbocycles. The molecule has 1 rings (SSSR count). The highest BCUT2D eigenvalue weighted by molar-refractivity contribution is 4.89. The van der Waals surface area contributed by atoms with Crippen LogP contribution in [0.5, 0.6) is 0 Å². The Labute approximate surface area is 101 Å². The summed E-state index contributed by atoms with van der Waals surface area (Å²) >= 11 is 0. The molecule has 0 N–H and O–H groups in total. The molecule has 0 aromatic rings. The number of piperazine rings is 1. The maximum absolute atomic E-state index is 2.58. The molecule has 0 unspecified atom stereocenters. The van der Waals surface area contributed by atoms with Crippen LogP contribution in [0, 0.1) is 5.92 Å². The molecule has 2 heteroatoms. The first-order valence-electron chi connectivity index (χ1n) is 6.53. The molecule has 0 spiro atoms. The fraction of sp³-hybridized carbons (Fsp3) is 0.857. The second-order valence-corrected chi connectivity index (χ2v) is 6.13. The zero-order valence-electron chi connectivity index (χ0n) is 11.7. The van der Waals surface area contributed by atoms with Crippen molar-refractivity contribution in [2.24, 2.45) is 5.92 Å². The van der Waals surface area contributed by atoms with Gasteiger partial charge in [0.1, 0.15) is 0 Å². The van der Waals surface area contributed by atoms with Crippen molar-refractivity contribution in [1.82, 2.24) is 9.80 Å². The van der Waals surface area contributed by atoms with E-state index in [-0.39, 0.29) is 0 Å². The van der Waals surface area contributed by atoms with Crippen molar-refractivity contribution in [3.8, 4) is 0 Å². The zero-order valence-corrected chi connectivity index (χ0v) is 11.7. The van der Waals surface area contributed by atoms with Crippen LogP contribution >= 0.6 is 0 Å². The maximum Gasteiger partial charge on any atom is 0.0164 e. The van der Waals surface area contributed by atoms with Crippen molar-refractivity contribution in [3.05, 3.63) is 12.2 Å². The fourth-order valence-corrected chi connectivity index (χ4v) is 2.08. The van der Waals surface area contributed by atoms with Crippen molar-refractivity contribution >= 4 is 0 Å². The molecule has 1 aliphatic heterocycles. The van der Waals surface area contributed by atoms with E-state index in [4.69, 9.17) is 0 Å². The number of hydrogen-bond donors (Lipinski definition) is 0. The van der Waals surface area contributed by atoms with Gasteiger partial charge in [-0.05, 0) is 26.7 Å². The Morgan fingerprint density at radius 1 is 1.06 bits per heavy atom. The van der Waals surface area contributed by atoms with Crippen LogP contribution in [0.3, 0.4) is 0 Å². The van der Waals surface area contributed by atoms with Gasteiger partial charge in [-0.1, -0.05) is 26.0 Å². The van der Waals surface area contributed by atoms with Crippen LogP contribution in [0.2, 0.25) is 0 Å². The molecule has 2 nitrogen and oxygen atoms in total.